The molecule has 3 rings (SSSR count). The minimum absolute atomic E-state index is 0.561. The van der Waals surface area contributed by atoms with Crippen LogP contribution in [0.25, 0.3) is 21.5 Å². The Morgan fingerprint density at radius 2 is 1.11 bits per heavy atom. The molecule has 0 saturated heterocycles. The van der Waals surface area contributed by atoms with Crippen molar-refractivity contribution < 1.29 is 9.47 Å². The van der Waals surface area contributed by atoms with Crippen molar-refractivity contribution in [2.45, 2.75) is 40.5 Å². The number of hydrogen-bond acceptors (Lipinski definition) is 2. The van der Waals surface area contributed by atoms with Gasteiger partial charge in [-0.3, -0.25) is 0 Å². The second-order valence-electron chi connectivity index (χ2n) is 6.84. The highest BCUT2D eigenvalue weighted by Crippen LogP contribution is 2.44. The summed E-state index contributed by atoms with van der Waals surface area (Å²) in [7, 11) is 0. The minimum atomic E-state index is 0.561. The normalized spacial score (nSPS) is 11.9. The van der Waals surface area contributed by atoms with E-state index in [1.54, 1.807) is 0 Å². The first-order valence-electron chi connectivity index (χ1n) is 10.2. The van der Waals surface area contributed by atoms with Crippen LogP contribution in [0.2, 0.25) is 0 Å². The van der Waals surface area contributed by atoms with Crippen LogP contribution in [0.5, 0.6) is 11.5 Å². The zero-order valence-corrected chi connectivity index (χ0v) is 17.4. The summed E-state index contributed by atoms with van der Waals surface area (Å²) in [5.41, 5.74) is 2.75. The van der Waals surface area contributed by atoms with Crippen LogP contribution in [0.15, 0.2) is 60.7 Å². The standard InChI is InChI=1S/C26H30O2/c1-5-9-15-27-25-21-13-11-12-14-22(21)26(28-16-10-6-2)24-18-20(8-4)19(7-3)17-23(24)25/h5-6,9-14,17-18H,7-8,15-16H2,1-4H3/b9-5+,10-6+. The largest absolute Gasteiger partial charge is 0.488 e. The molecule has 0 saturated carbocycles. The molecule has 0 aliphatic heterocycles. The molecule has 3 aromatic rings. The number of ether oxygens (including phenoxy) is 2. The number of fused-ring (bicyclic) bond motifs is 2. The minimum Gasteiger partial charge on any atom is -0.488 e. The summed E-state index contributed by atoms with van der Waals surface area (Å²) in [6, 6.07) is 13.0. The number of aryl methyl sites for hydroxylation is 2. The molecule has 0 unspecified atom stereocenters. The average molecular weight is 375 g/mol. The van der Waals surface area contributed by atoms with Gasteiger partial charge in [0.2, 0.25) is 0 Å². The van der Waals surface area contributed by atoms with E-state index in [0.717, 1.165) is 45.9 Å². The fraction of sp³-hybridized carbons (Fsp3) is 0.308. The lowest BCUT2D eigenvalue weighted by atomic mass is 9.93. The van der Waals surface area contributed by atoms with Crippen molar-refractivity contribution in [1.82, 2.24) is 0 Å². The highest BCUT2D eigenvalue weighted by atomic mass is 16.5. The maximum Gasteiger partial charge on any atom is 0.135 e. The molecule has 0 fully saturated rings. The van der Waals surface area contributed by atoms with Crippen molar-refractivity contribution in [1.29, 1.82) is 0 Å². The monoisotopic (exact) mass is 374 g/mol. The van der Waals surface area contributed by atoms with Crippen molar-refractivity contribution in [3.05, 3.63) is 71.8 Å². The maximum absolute atomic E-state index is 6.27. The van der Waals surface area contributed by atoms with E-state index in [4.69, 9.17) is 9.47 Å². The fourth-order valence-corrected chi connectivity index (χ4v) is 3.66. The van der Waals surface area contributed by atoms with Gasteiger partial charge in [0, 0.05) is 21.5 Å². The smallest absolute Gasteiger partial charge is 0.135 e. The molecule has 0 aliphatic rings. The van der Waals surface area contributed by atoms with E-state index >= 15 is 0 Å². The number of hydrogen-bond donors (Lipinski definition) is 0. The Morgan fingerprint density at radius 3 is 1.46 bits per heavy atom. The van der Waals surface area contributed by atoms with Gasteiger partial charge in [-0.2, -0.15) is 0 Å². The Morgan fingerprint density at radius 1 is 0.679 bits per heavy atom. The number of rotatable bonds is 8. The van der Waals surface area contributed by atoms with Gasteiger partial charge in [-0.1, -0.05) is 62.4 Å². The van der Waals surface area contributed by atoms with Crippen LogP contribution in [-0.2, 0) is 12.8 Å². The Labute approximate surface area is 168 Å². The molecule has 0 aromatic heterocycles. The summed E-state index contributed by atoms with van der Waals surface area (Å²) in [4.78, 5) is 0. The van der Waals surface area contributed by atoms with Crippen molar-refractivity contribution in [2.75, 3.05) is 13.2 Å². The Hall–Kier alpha value is -2.74. The van der Waals surface area contributed by atoms with Crippen LogP contribution >= 0.6 is 0 Å². The summed E-state index contributed by atoms with van der Waals surface area (Å²) in [5.74, 6) is 1.89. The van der Waals surface area contributed by atoms with Gasteiger partial charge in [-0.15, -0.1) is 0 Å². The molecule has 28 heavy (non-hydrogen) atoms. The summed E-state index contributed by atoms with van der Waals surface area (Å²) >= 11 is 0. The summed E-state index contributed by atoms with van der Waals surface area (Å²) in [5, 5.41) is 4.46. The molecule has 0 amide bonds. The van der Waals surface area contributed by atoms with Crippen LogP contribution in [-0.4, -0.2) is 13.2 Å². The predicted octanol–water partition coefficient (Wildman–Crippen LogP) is 7.03. The SMILES string of the molecule is C/C=C/COc1c2ccccc2c(OC/C=C/C)c2cc(CC)c(CC)cc12. The van der Waals surface area contributed by atoms with Gasteiger partial charge in [0.05, 0.1) is 0 Å². The van der Waals surface area contributed by atoms with Crippen molar-refractivity contribution in [3.8, 4) is 11.5 Å². The summed E-state index contributed by atoms with van der Waals surface area (Å²) < 4.78 is 12.5. The third-order valence-corrected chi connectivity index (χ3v) is 5.13. The van der Waals surface area contributed by atoms with E-state index in [0.29, 0.717) is 13.2 Å². The third kappa shape index (κ3) is 3.91. The van der Waals surface area contributed by atoms with E-state index in [9.17, 15) is 0 Å². The molecule has 0 radical (unpaired) electrons. The van der Waals surface area contributed by atoms with E-state index in [2.05, 4.69) is 50.2 Å². The molecule has 2 nitrogen and oxygen atoms in total. The van der Waals surface area contributed by atoms with E-state index in [-0.39, 0.29) is 0 Å². The molecule has 0 aliphatic carbocycles. The van der Waals surface area contributed by atoms with E-state index < -0.39 is 0 Å². The lowest BCUT2D eigenvalue weighted by molar-refractivity contribution is 0.365. The fourth-order valence-electron chi connectivity index (χ4n) is 3.66. The Bertz CT molecular complexity index is 930. The number of allylic oxidation sites excluding steroid dienone is 2. The Kier molecular flexibility index (Phi) is 6.76. The van der Waals surface area contributed by atoms with Crippen molar-refractivity contribution in [3.63, 3.8) is 0 Å². The van der Waals surface area contributed by atoms with Gasteiger partial charge in [0.1, 0.15) is 24.7 Å². The topological polar surface area (TPSA) is 18.5 Å². The van der Waals surface area contributed by atoms with Crippen LogP contribution in [0.1, 0.15) is 38.8 Å². The molecule has 0 bridgehead atoms. The molecule has 146 valence electrons. The van der Waals surface area contributed by atoms with Gasteiger partial charge in [0.15, 0.2) is 0 Å². The van der Waals surface area contributed by atoms with Gasteiger partial charge in [-0.25, -0.2) is 0 Å². The molecule has 2 heteroatoms. The zero-order valence-electron chi connectivity index (χ0n) is 17.4. The molecule has 0 N–H and O–H groups in total. The van der Waals surface area contributed by atoms with Crippen molar-refractivity contribution >= 4 is 21.5 Å². The number of benzene rings is 3. The highest BCUT2D eigenvalue weighted by Gasteiger charge is 2.17. The zero-order chi connectivity index (χ0) is 19.9. The van der Waals surface area contributed by atoms with Crippen LogP contribution in [0, 0.1) is 0 Å². The molecule has 0 heterocycles. The lowest BCUT2D eigenvalue weighted by Gasteiger charge is -2.19. The predicted molar refractivity (Wildman–Crippen MR) is 121 cm³/mol. The maximum atomic E-state index is 6.27. The quantitative estimate of drug-likeness (QED) is 0.311. The lowest BCUT2D eigenvalue weighted by Crippen LogP contribution is -2.01. The third-order valence-electron chi connectivity index (χ3n) is 5.13. The van der Waals surface area contributed by atoms with Gasteiger partial charge in [0.25, 0.3) is 0 Å². The second-order valence-corrected chi connectivity index (χ2v) is 6.84. The van der Waals surface area contributed by atoms with Crippen LogP contribution in [0.4, 0.5) is 0 Å². The van der Waals surface area contributed by atoms with Gasteiger partial charge >= 0.3 is 0 Å². The summed E-state index contributed by atoms with van der Waals surface area (Å²) in [6.07, 6.45) is 10.1. The first kappa shape index (κ1) is 20.0. The Balaban J connectivity index is 2.35. The second kappa shape index (κ2) is 9.45. The molecule has 0 spiro atoms. The van der Waals surface area contributed by atoms with Gasteiger partial charge in [-0.05, 0) is 49.9 Å². The van der Waals surface area contributed by atoms with Crippen LogP contribution < -0.4 is 9.47 Å². The van der Waals surface area contributed by atoms with Crippen LogP contribution in [0.3, 0.4) is 0 Å². The van der Waals surface area contributed by atoms with E-state index in [1.807, 2.05) is 38.2 Å². The summed E-state index contributed by atoms with van der Waals surface area (Å²) in [6.45, 7) is 9.58. The van der Waals surface area contributed by atoms with E-state index in [1.165, 1.54) is 11.1 Å². The first-order chi connectivity index (χ1) is 13.7. The van der Waals surface area contributed by atoms with Gasteiger partial charge < -0.3 is 9.47 Å². The highest BCUT2D eigenvalue weighted by molar-refractivity contribution is 6.11. The molecular weight excluding hydrogens is 344 g/mol. The molecule has 0 atom stereocenters. The first-order valence-corrected chi connectivity index (χ1v) is 10.2. The molecule has 3 aromatic carbocycles. The average Bonchev–Trinajstić information content (AvgIpc) is 2.74. The van der Waals surface area contributed by atoms with Crippen molar-refractivity contribution in [2.24, 2.45) is 0 Å². The molecular formula is C26H30O2.